The number of benzene rings is 1. The first-order chi connectivity index (χ1) is 12.7. The number of halogens is 4. The number of amides is 3. The van der Waals surface area contributed by atoms with E-state index in [1.54, 1.807) is 0 Å². The fraction of sp³-hybridized carbons (Fsp3) is 0.389. The number of nitrogens with zero attached hydrogens (tertiary/aromatic N) is 1. The molecule has 3 aliphatic rings. The molecule has 4 atom stereocenters. The average Bonchev–Trinajstić information content (AvgIpc) is 3.26. The zero-order valence-corrected chi connectivity index (χ0v) is 14.6. The molecule has 1 heterocycles. The highest BCUT2D eigenvalue weighted by atomic mass is 35.5. The maximum absolute atomic E-state index is 12.8. The Labute approximate surface area is 157 Å². The SMILES string of the molecule is O=C(CN1C(=O)C2C3C=CC(C3)C2C1=O)Nc1cc(C(F)(F)F)ccc1Cl. The summed E-state index contributed by atoms with van der Waals surface area (Å²) in [5.41, 5.74) is -1.19. The number of carbonyl (C=O) groups excluding carboxylic acids is 3. The number of likely N-dealkylation sites (tertiary alicyclic amines) is 1. The minimum Gasteiger partial charge on any atom is -0.323 e. The molecular formula is C18H14ClF3N2O3. The summed E-state index contributed by atoms with van der Waals surface area (Å²) in [6, 6.07) is 2.54. The van der Waals surface area contributed by atoms with Gasteiger partial charge in [0, 0.05) is 0 Å². The average molecular weight is 399 g/mol. The van der Waals surface area contributed by atoms with Gasteiger partial charge in [0.25, 0.3) is 0 Å². The van der Waals surface area contributed by atoms with Crippen molar-refractivity contribution in [3.63, 3.8) is 0 Å². The predicted octanol–water partition coefficient (Wildman–Crippen LogP) is 3.10. The molecule has 1 aromatic rings. The van der Waals surface area contributed by atoms with Gasteiger partial charge in [-0.25, -0.2) is 0 Å². The molecule has 0 aromatic heterocycles. The van der Waals surface area contributed by atoms with Gasteiger partial charge < -0.3 is 5.32 Å². The summed E-state index contributed by atoms with van der Waals surface area (Å²) in [4.78, 5) is 38.2. The van der Waals surface area contributed by atoms with Gasteiger partial charge in [-0.3, -0.25) is 19.3 Å². The molecule has 0 spiro atoms. The van der Waals surface area contributed by atoms with E-state index in [-0.39, 0.29) is 22.5 Å². The van der Waals surface area contributed by atoms with Crippen molar-refractivity contribution < 1.29 is 27.6 Å². The Morgan fingerprint density at radius 3 is 2.30 bits per heavy atom. The van der Waals surface area contributed by atoms with E-state index in [2.05, 4.69) is 5.32 Å². The van der Waals surface area contributed by atoms with Crippen LogP contribution in [0, 0.1) is 23.7 Å². The highest BCUT2D eigenvalue weighted by Gasteiger charge is 2.59. The van der Waals surface area contributed by atoms with Crippen molar-refractivity contribution in [2.24, 2.45) is 23.7 Å². The molecule has 5 nitrogen and oxygen atoms in total. The third kappa shape index (κ3) is 2.92. The Balaban J connectivity index is 1.48. The molecule has 1 N–H and O–H groups in total. The normalized spacial score (nSPS) is 28.8. The Morgan fingerprint density at radius 2 is 1.74 bits per heavy atom. The van der Waals surface area contributed by atoms with Gasteiger partial charge in [-0.05, 0) is 36.5 Å². The van der Waals surface area contributed by atoms with Gasteiger partial charge in [0.05, 0.1) is 28.1 Å². The lowest BCUT2D eigenvalue weighted by molar-refractivity contribution is -0.143. The smallest absolute Gasteiger partial charge is 0.323 e. The Kier molecular flexibility index (Phi) is 4.06. The summed E-state index contributed by atoms with van der Waals surface area (Å²) in [5, 5.41) is 2.19. The van der Waals surface area contributed by atoms with Crippen LogP contribution in [0.25, 0.3) is 0 Å². The fourth-order valence-corrected chi connectivity index (χ4v) is 4.42. The number of rotatable bonds is 3. The van der Waals surface area contributed by atoms with Crippen LogP contribution in [0.1, 0.15) is 12.0 Å². The van der Waals surface area contributed by atoms with Gasteiger partial charge in [0.1, 0.15) is 6.54 Å². The molecule has 2 fully saturated rings. The summed E-state index contributed by atoms with van der Waals surface area (Å²) < 4.78 is 38.5. The van der Waals surface area contributed by atoms with E-state index in [1.807, 2.05) is 12.2 Å². The standard InChI is InChI=1S/C18H14ClF3N2O3/c19-11-4-3-10(18(20,21)22)6-12(11)23-13(25)7-24-16(26)14-8-1-2-9(5-8)15(14)17(24)27/h1-4,6,8-9,14-15H,5,7H2,(H,23,25). The van der Waals surface area contributed by atoms with Crippen molar-refractivity contribution >= 4 is 35.0 Å². The number of hydrogen-bond acceptors (Lipinski definition) is 3. The lowest BCUT2D eigenvalue weighted by Gasteiger charge is -2.17. The third-order valence-corrected chi connectivity index (χ3v) is 5.76. The number of fused-ring (bicyclic) bond motifs is 5. The lowest BCUT2D eigenvalue weighted by Crippen LogP contribution is -2.39. The summed E-state index contributed by atoms with van der Waals surface area (Å²) in [6.45, 7) is -0.545. The molecule has 9 heteroatoms. The Morgan fingerprint density at radius 1 is 1.15 bits per heavy atom. The first kappa shape index (κ1) is 18.0. The van der Waals surface area contributed by atoms with Gasteiger partial charge in [0.15, 0.2) is 0 Å². The van der Waals surface area contributed by atoms with Crippen molar-refractivity contribution in [3.8, 4) is 0 Å². The van der Waals surface area contributed by atoms with Gasteiger partial charge in [-0.2, -0.15) is 13.2 Å². The minimum atomic E-state index is -4.59. The molecule has 2 aliphatic carbocycles. The first-order valence-electron chi connectivity index (χ1n) is 8.37. The van der Waals surface area contributed by atoms with Crippen molar-refractivity contribution in [1.82, 2.24) is 4.90 Å². The quantitative estimate of drug-likeness (QED) is 0.628. The van der Waals surface area contributed by atoms with Crippen LogP contribution in [-0.2, 0) is 20.6 Å². The number of hydrogen-bond donors (Lipinski definition) is 1. The lowest BCUT2D eigenvalue weighted by atomic mass is 9.85. The van der Waals surface area contributed by atoms with Crippen LogP contribution in [-0.4, -0.2) is 29.2 Å². The summed E-state index contributed by atoms with van der Waals surface area (Å²) in [6.07, 6.45) is 0.0490. The van der Waals surface area contributed by atoms with Gasteiger partial charge in [0.2, 0.25) is 17.7 Å². The number of allylic oxidation sites excluding steroid dienone is 2. The second-order valence-electron chi connectivity index (χ2n) is 7.00. The molecule has 2 bridgehead atoms. The number of anilines is 1. The summed E-state index contributed by atoms with van der Waals surface area (Å²) in [5.74, 6) is -2.41. The zero-order chi connectivity index (χ0) is 19.5. The largest absolute Gasteiger partial charge is 0.416 e. The van der Waals surface area contributed by atoms with Gasteiger partial charge >= 0.3 is 6.18 Å². The van der Waals surface area contributed by atoms with Crippen LogP contribution in [0.2, 0.25) is 5.02 Å². The molecule has 1 aromatic carbocycles. The highest BCUT2D eigenvalue weighted by Crippen LogP contribution is 2.52. The zero-order valence-electron chi connectivity index (χ0n) is 13.8. The van der Waals surface area contributed by atoms with Crippen molar-refractivity contribution in [2.75, 3.05) is 11.9 Å². The van der Waals surface area contributed by atoms with E-state index in [9.17, 15) is 27.6 Å². The Bertz CT molecular complexity index is 853. The molecule has 1 saturated heterocycles. The second kappa shape index (κ2) is 6.09. The number of carbonyl (C=O) groups is 3. The molecule has 27 heavy (non-hydrogen) atoms. The summed E-state index contributed by atoms with van der Waals surface area (Å²) >= 11 is 5.85. The molecule has 3 amide bonds. The Hall–Kier alpha value is -2.35. The van der Waals surface area contributed by atoms with E-state index in [0.29, 0.717) is 6.07 Å². The highest BCUT2D eigenvalue weighted by molar-refractivity contribution is 6.33. The molecule has 0 radical (unpaired) electrons. The molecule has 1 aliphatic heterocycles. The van der Waals surface area contributed by atoms with E-state index in [4.69, 9.17) is 11.6 Å². The molecule has 1 saturated carbocycles. The van der Waals surface area contributed by atoms with Crippen LogP contribution in [0.15, 0.2) is 30.4 Å². The molecule has 142 valence electrons. The topological polar surface area (TPSA) is 66.5 Å². The molecule has 4 unspecified atom stereocenters. The first-order valence-corrected chi connectivity index (χ1v) is 8.75. The van der Waals surface area contributed by atoms with Crippen LogP contribution in [0.4, 0.5) is 18.9 Å². The summed E-state index contributed by atoms with van der Waals surface area (Å²) in [7, 11) is 0. The van der Waals surface area contributed by atoms with Crippen LogP contribution < -0.4 is 5.32 Å². The minimum absolute atomic E-state index is 0.0161. The van der Waals surface area contributed by atoms with Crippen molar-refractivity contribution in [3.05, 3.63) is 40.9 Å². The van der Waals surface area contributed by atoms with Crippen molar-refractivity contribution in [1.29, 1.82) is 0 Å². The maximum atomic E-state index is 12.8. The molecule has 4 rings (SSSR count). The van der Waals surface area contributed by atoms with Gasteiger partial charge in [-0.1, -0.05) is 23.8 Å². The van der Waals surface area contributed by atoms with Crippen LogP contribution in [0.3, 0.4) is 0 Å². The van der Waals surface area contributed by atoms with Crippen LogP contribution >= 0.6 is 11.6 Å². The van der Waals surface area contributed by atoms with E-state index in [0.717, 1.165) is 23.5 Å². The fourth-order valence-electron chi connectivity index (χ4n) is 4.25. The van der Waals surface area contributed by atoms with E-state index in [1.165, 1.54) is 0 Å². The van der Waals surface area contributed by atoms with E-state index >= 15 is 0 Å². The second-order valence-corrected chi connectivity index (χ2v) is 7.41. The van der Waals surface area contributed by atoms with Crippen molar-refractivity contribution in [2.45, 2.75) is 12.6 Å². The monoisotopic (exact) mass is 398 g/mol. The third-order valence-electron chi connectivity index (χ3n) is 5.43. The van der Waals surface area contributed by atoms with Gasteiger partial charge in [-0.15, -0.1) is 0 Å². The number of alkyl halides is 3. The maximum Gasteiger partial charge on any atom is 0.416 e. The van der Waals surface area contributed by atoms with E-state index < -0.39 is 47.8 Å². The predicted molar refractivity (Wildman–Crippen MR) is 89.5 cm³/mol. The van der Waals surface area contributed by atoms with Crippen LogP contribution in [0.5, 0.6) is 0 Å². The molecular weight excluding hydrogens is 385 g/mol. The number of nitrogens with one attached hydrogen (secondary N) is 1. The number of imide groups is 1.